The molecule has 0 amide bonds. The Balaban J connectivity index is 1.51. The Hall–Kier alpha value is -3.59. The minimum Gasteiger partial charge on any atom is -0.495 e. The molecule has 0 fully saturated rings. The van der Waals surface area contributed by atoms with Gasteiger partial charge in [-0.3, -0.25) is 0 Å². The number of rotatable bonds is 6. The number of fused-ring (bicyclic) bond motifs is 1. The van der Waals surface area contributed by atoms with E-state index in [2.05, 4.69) is 20.6 Å². The average Bonchev–Trinajstić information content (AvgIpc) is 3.19. The summed E-state index contributed by atoms with van der Waals surface area (Å²) in [7, 11) is 2.83. The third-order valence-corrected chi connectivity index (χ3v) is 4.91. The molecule has 1 aliphatic heterocycles. The third kappa shape index (κ3) is 4.46. The smallest absolute Gasteiger partial charge is 0.347 e. The number of benzene rings is 2. The number of nitrogens with one attached hydrogen (secondary N) is 2. The van der Waals surface area contributed by atoms with Crippen molar-refractivity contribution in [2.75, 3.05) is 24.9 Å². The van der Waals surface area contributed by atoms with Crippen molar-refractivity contribution in [1.29, 1.82) is 0 Å². The molecule has 2 heterocycles. The minimum absolute atomic E-state index is 0.0195. The first kappa shape index (κ1) is 20.7. The molecule has 4 rings (SSSR count). The average molecular weight is 445 g/mol. The number of methoxy groups -OCH3 is 2. The van der Waals surface area contributed by atoms with Gasteiger partial charge in [-0.15, -0.1) is 0 Å². The van der Waals surface area contributed by atoms with E-state index < -0.39 is 17.9 Å². The van der Waals surface area contributed by atoms with Crippen molar-refractivity contribution >= 4 is 40.7 Å². The van der Waals surface area contributed by atoms with Crippen molar-refractivity contribution in [3.05, 3.63) is 59.0 Å². The SMILES string of the molecule is COC(=O)C1Cc2cc(Nc3ncc(F)c(Nc4ccc(OC)c(Cl)c4)n3)ccc2O1. The number of aromatic nitrogens is 2. The highest BCUT2D eigenvalue weighted by Crippen LogP contribution is 2.33. The maximum atomic E-state index is 14.2. The van der Waals surface area contributed by atoms with Crippen LogP contribution in [0.3, 0.4) is 0 Å². The van der Waals surface area contributed by atoms with E-state index in [9.17, 15) is 9.18 Å². The van der Waals surface area contributed by atoms with Gasteiger partial charge in [-0.2, -0.15) is 4.98 Å². The standard InChI is InChI=1S/C21H18ClFN4O4/c1-29-17-6-4-13(9-14(17)22)25-19-15(23)10-24-21(27-19)26-12-3-5-16-11(7-12)8-18(31-16)20(28)30-2/h3-7,9-10,18H,8H2,1-2H3,(H2,24,25,26,27). The van der Waals surface area contributed by atoms with Crippen LogP contribution in [0.1, 0.15) is 5.56 Å². The van der Waals surface area contributed by atoms with E-state index in [1.807, 2.05) is 6.07 Å². The van der Waals surface area contributed by atoms with Crippen LogP contribution in [-0.2, 0) is 16.0 Å². The Bertz CT molecular complexity index is 1140. The summed E-state index contributed by atoms with van der Waals surface area (Å²) in [5.74, 6) is 0.232. The summed E-state index contributed by atoms with van der Waals surface area (Å²) < 4.78 is 29.7. The van der Waals surface area contributed by atoms with E-state index in [0.29, 0.717) is 34.3 Å². The summed E-state index contributed by atoms with van der Waals surface area (Å²) >= 11 is 6.12. The number of anilines is 4. The van der Waals surface area contributed by atoms with E-state index in [-0.39, 0.29) is 11.8 Å². The summed E-state index contributed by atoms with van der Waals surface area (Å²) in [4.78, 5) is 19.9. The predicted molar refractivity (Wildman–Crippen MR) is 113 cm³/mol. The number of nitrogens with zero attached hydrogens (tertiary/aromatic N) is 2. The summed E-state index contributed by atoms with van der Waals surface area (Å²) in [6, 6.07) is 10.3. The first-order valence-electron chi connectivity index (χ1n) is 9.24. The first-order valence-corrected chi connectivity index (χ1v) is 9.62. The molecule has 0 saturated carbocycles. The lowest BCUT2D eigenvalue weighted by atomic mass is 10.1. The van der Waals surface area contributed by atoms with Crippen molar-refractivity contribution in [2.24, 2.45) is 0 Å². The molecule has 1 aromatic heterocycles. The lowest BCUT2D eigenvalue weighted by Crippen LogP contribution is -2.26. The number of carbonyl (C=O) groups excluding carboxylic acids is 1. The fourth-order valence-corrected chi connectivity index (χ4v) is 3.37. The number of ether oxygens (including phenoxy) is 3. The molecule has 1 unspecified atom stereocenters. The summed E-state index contributed by atoms with van der Waals surface area (Å²) in [5, 5.41) is 6.29. The second kappa shape index (κ2) is 8.65. The molecular formula is C21H18ClFN4O4. The second-order valence-electron chi connectivity index (χ2n) is 6.65. The van der Waals surface area contributed by atoms with Crippen molar-refractivity contribution in [3.8, 4) is 11.5 Å². The molecule has 31 heavy (non-hydrogen) atoms. The van der Waals surface area contributed by atoms with Gasteiger partial charge in [-0.1, -0.05) is 11.6 Å². The molecule has 1 atom stereocenters. The minimum atomic E-state index is -0.663. The van der Waals surface area contributed by atoms with Crippen LogP contribution in [0.15, 0.2) is 42.6 Å². The molecule has 160 valence electrons. The summed E-state index contributed by atoms with van der Waals surface area (Å²) in [6.45, 7) is 0. The molecular weight excluding hydrogens is 427 g/mol. The number of esters is 1. The highest BCUT2D eigenvalue weighted by Gasteiger charge is 2.30. The normalized spacial score (nSPS) is 14.4. The van der Waals surface area contributed by atoms with Gasteiger partial charge in [0.1, 0.15) is 11.5 Å². The Morgan fingerprint density at radius 3 is 2.71 bits per heavy atom. The molecule has 3 aromatic rings. The lowest BCUT2D eigenvalue weighted by molar-refractivity contribution is -0.147. The maximum Gasteiger partial charge on any atom is 0.347 e. The zero-order valence-corrected chi connectivity index (χ0v) is 17.4. The van der Waals surface area contributed by atoms with Crippen molar-refractivity contribution in [3.63, 3.8) is 0 Å². The van der Waals surface area contributed by atoms with Gasteiger partial charge in [-0.25, -0.2) is 14.2 Å². The molecule has 1 aliphatic rings. The van der Waals surface area contributed by atoms with Crippen molar-refractivity contribution in [2.45, 2.75) is 12.5 Å². The molecule has 0 spiro atoms. The number of halogens is 2. The van der Waals surface area contributed by atoms with Gasteiger partial charge in [0, 0.05) is 23.4 Å². The van der Waals surface area contributed by atoms with Crippen molar-refractivity contribution < 1.29 is 23.4 Å². The Morgan fingerprint density at radius 2 is 1.97 bits per heavy atom. The zero-order valence-electron chi connectivity index (χ0n) is 16.6. The molecule has 0 aliphatic carbocycles. The van der Waals surface area contributed by atoms with E-state index in [4.69, 9.17) is 25.8 Å². The number of hydrogen-bond donors (Lipinski definition) is 2. The monoisotopic (exact) mass is 444 g/mol. The fourth-order valence-electron chi connectivity index (χ4n) is 3.11. The van der Waals surface area contributed by atoms with Crippen LogP contribution in [0.2, 0.25) is 5.02 Å². The summed E-state index contributed by atoms with van der Waals surface area (Å²) in [5.41, 5.74) is 2.05. The Morgan fingerprint density at radius 1 is 1.19 bits per heavy atom. The number of hydrogen-bond acceptors (Lipinski definition) is 8. The van der Waals surface area contributed by atoms with Crippen LogP contribution >= 0.6 is 11.6 Å². The van der Waals surface area contributed by atoms with Crippen LogP contribution < -0.4 is 20.1 Å². The van der Waals surface area contributed by atoms with E-state index in [0.717, 1.165) is 11.8 Å². The predicted octanol–water partition coefficient (Wildman–Crippen LogP) is 4.24. The topological polar surface area (TPSA) is 94.6 Å². The molecule has 0 saturated heterocycles. The highest BCUT2D eigenvalue weighted by molar-refractivity contribution is 6.32. The fraction of sp³-hybridized carbons (Fsp3) is 0.190. The largest absolute Gasteiger partial charge is 0.495 e. The highest BCUT2D eigenvalue weighted by atomic mass is 35.5. The molecule has 0 radical (unpaired) electrons. The van der Waals surface area contributed by atoms with Crippen molar-refractivity contribution in [1.82, 2.24) is 9.97 Å². The Labute approximate surface area is 182 Å². The lowest BCUT2D eigenvalue weighted by Gasteiger charge is -2.11. The van der Waals surface area contributed by atoms with Gasteiger partial charge in [0.15, 0.2) is 17.7 Å². The van der Waals surface area contributed by atoms with E-state index in [1.165, 1.54) is 14.2 Å². The molecule has 2 aromatic carbocycles. The quantitative estimate of drug-likeness (QED) is 0.545. The van der Waals surface area contributed by atoms with E-state index in [1.54, 1.807) is 30.3 Å². The van der Waals surface area contributed by atoms with Gasteiger partial charge in [0.25, 0.3) is 0 Å². The van der Waals surface area contributed by atoms with Gasteiger partial charge in [-0.05, 0) is 36.4 Å². The molecule has 2 N–H and O–H groups in total. The Kier molecular flexibility index (Phi) is 5.77. The third-order valence-electron chi connectivity index (χ3n) is 4.61. The van der Waals surface area contributed by atoms with Gasteiger partial charge < -0.3 is 24.8 Å². The van der Waals surface area contributed by atoms with Gasteiger partial charge >= 0.3 is 5.97 Å². The van der Waals surface area contributed by atoms with Crippen LogP contribution in [-0.4, -0.2) is 36.3 Å². The van der Waals surface area contributed by atoms with Crippen LogP contribution in [0.5, 0.6) is 11.5 Å². The second-order valence-corrected chi connectivity index (χ2v) is 7.05. The number of carbonyl (C=O) groups is 1. The van der Waals surface area contributed by atoms with Crippen LogP contribution in [0.4, 0.5) is 27.5 Å². The van der Waals surface area contributed by atoms with Gasteiger partial charge in [0.05, 0.1) is 25.4 Å². The van der Waals surface area contributed by atoms with Gasteiger partial charge in [0.2, 0.25) is 5.95 Å². The maximum absolute atomic E-state index is 14.2. The van der Waals surface area contributed by atoms with E-state index >= 15 is 0 Å². The van der Waals surface area contributed by atoms with Crippen LogP contribution in [0.25, 0.3) is 0 Å². The summed E-state index contributed by atoms with van der Waals surface area (Å²) in [6.07, 6.45) is 0.795. The molecule has 8 nitrogen and oxygen atoms in total. The molecule has 0 bridgehead atoms. The first-order chi connectivity index (χ1) is 15.0. The zero-order chi connectivity index (χ0) is 22.0. The molecule has 10 heteroatoms. The van der Waals surface area contributed by atoms with Crippen LogP contribution in [0, 0.1) is 5.82 Å².